The maximum Gasteiger partial charge on any atom is 0.294 e. The molecule has 0 amide bonds. The van der Waals surface area contributed by atoms with Crippen LogP contribution in [0.5, 0.6) is 0 Å². The van der Waals surface area contributed by atoms with Gasteiger partial charge >= 0.3 is 0 Å². The zero-order valence-corrected chi connectivity index (χ0v) is 13.0. The molecule has 0 bridgehead atoms. The molecule has 2 aromatic rings. The van der Waals surface area contributed by atoms with Gasteiger partial charge in [0.15, 0.2) is 6.10 Å². The van der Waals surface area contributed by atoms with E-state index in [1.165, 1.54) is 0 Å². The monoisotopic (exact) mass is 348 g/mol. The molecule has 0 atom stereocenters. The van der Waals surface area contributed by atoms with E-state index in [1.54, 1.807) is 36.4 Å². The molecule has 0 aliphatic rings. The van der Waals surface area contributed by atoms with E-state index >= 15 is 0 Å². The van der Waals surface area contributed by atoms with Crippen molar-refractivity contribution in [3.8, 4) is 0 Å². The third-order valence-corrected chi connectivity index (χ3v) is 4.16. The normalized spacial score (nSPS) is 10.7. The molecule has 104 valence electrons. The summed E-state index contributed by atoms with van der Waals surface area (Å²) in [4.78, 5) is 10.7. The van der Waals surface area contributed by atoms with Crippen molar-refractivity contribution < 1.29 is 9.53 Å². The van der Waals surface area contributed by atoms with E-state index < -0.39 is 6.10 Å². The summed E-state index contributed by atoms with van der Waals surface area (Å²) in [5.74, 6) is 0. The van der Waals surface area contributed by atoms with Crippen LogP contribution in [0.2, 0.25) is 20.1 Å². The SMILES string of the molecule is O=COC(c1ccc(Cl)c(Cl)c1)c1ccc(Cl)c(Cl)c1. The molecule has 2 rings (SSSR count). The minimum absolute atomic E-state index is 0.371. The average Bonchev–Trinajstić information content (AvgIpc) is 2.43. The molecular formula is C14H8Cl4O2. The van der Waals surface area contributed by atoms with Gasteiger partial charge in [-0.3, -0.25) is 4.79 Å². The number of rotatable bonds is 4. The number of halogens is 4. The van der Waals surface area contributed by atoms with Gasteiger partial charge in [-0.05, 0) is 35.4 Å². The molecule has 0 fully saturated rings. The van der Waals surface area contributed by atoms with Crippen molar-refractivity contribution in [3.63, 3.8) is 0 Å². The molecule has 0 N–H and O–H groups in total. The quantitative estimate of drug-likeness (QED) is 0.675. The van der Waals surface area contributed by atoms with Crippen LogP contribution in [0.3, 0.4) is 0 Å². The number of carbonyl (C=O) groups is 1. The lowest BCUT2D eigenvalue weighted by atomic mass is 10.0. The van der Waals surface area contributed by atoms with E-state index in [9.17, 15) is 4.79 Å². The van der Waals surface area contributed by atoms with Crippen LogP contribution in [-0.2, 0) is 9.53 Å². The van der Waals surface area contributed by atoms with Crippen molar-refractivity contribution in [2.75, 3.05) is 0 Å². The maximum absolute atomic E-state index is 10.7. The molecule has 0 aliphatic carbocycles. The molecule has 0 saturated heterocycles. The Bertz CT molecular complexity index is 592. The smallest absolute Gasteiger partial charge is 0.294 e. The molecule has 0 aliphatic heterocycles. The molecule has 0 unspecified atom stereocenters. The van der Waals surface area contributed by atoms with Crippen LogP contribution in [0, 0.1) is 0 Å². The van der Waals surface area contributed by atoms with Crippen LogP contribution in [0.4, 0.5) is 0 Å². The lowest BCUT2D eigenvalue weighted by molar-refractivity contribution is -0.132. The first-order valence-corrected chi connectivity index (χ1v) is 7.03. The fraction of sp³-hybridized carbons (Fsp3) is 0.0714. The van der Waals surface area contributed by atoms with E-state index in [0.29, 0.717) is 37.7 Å². The molecule has 0 heterocycles. The van der Waals surface area contributed by atoms with Gasteiger partial charge in [0.05, 0.1) is 20.1 Å². The van der Waals surface area contributed by atoms with Crippen molar-refractivity contribution in [1.29, 1.82) is 0 Å². The van der Waals surface area contributed by atoms with Gasteiger partial charge in [0.2, 0.25) is 0 Å². The Labute approximate surface area is 136 Å². The Balaban J connectivity index is 2.46. The van der Waals surface area contributed by atoms with E-state index in [1.807, 2.05) is 0 Å². The predicted octanol–water partition coefficient (Wildman–Crippen LogP) is 5.56. The summed E-state index contributed by atoms with van der Waals surface area (Å²) >= 11 is 23.7. The van der Waals surface area contributed by atoms with E-state index in [4.69, 9.17) is 51.1 Å². The highest BCUT2D eigenvalue weighted by Gasteiger charge is 2.17. The second kappa shape index (κ2) is 6.68. The Hall–Kier alpha value is -0.930. The van der Waals surface area contributed by atoms with Crippen molar-refractivity contribution in [3.05, 3.63) is 67.6 Å². The van der Waals surface area contributed by atoms with Gasteiger partial charge in [0.1, 0.15) is 0 Å². The molecule has 20 heavy (non-hydrogen) atoms. The Morgan fingerprint density at radius 3 is 1.60 bits per heavy atom. The Morgan fingerprint density at radius 1 is 0.800 bits per heavy atom. The molecular weight excluding hydrogens is 342 g/mol. The fourth-order valence-electron chi connectivity index (χ4n) is 1.76. The highest BCUT2D eigenvalue weighted by molar-refractivity contribution is 6.42. The Morgan fingerprint density at radius 2 is 1.25 bits per heavy atom. The number of benzene rings is 2. The van der Waals surface area contributed by atoms with Crippen molar-refractivity contribution in [2.24, 2.45) is 0 Å². The zero-order valence-electron chi connectivity index (χ0n) is 9.95. The molecule has 0 aromatic heterocycles. The first-order valence-electron chi connectivity index (χ1n) is 5.52. The summed E-state index contributed by atoms with van der Waals surface area (Å²) in [6.45, 7) is 0.371. The van der Waals surface area contributed by atoms with Crippen LogP contribution in [0.1, 0.15) is 17.2 Å². The van der Waals surface area contributed by atoms with Crippen LogP contribution in [0.15, 0.2) is 36.4 Å². The van der Waals surface area contributed by atoms with E-state index in [2.05, 4.69) is 0 Å². The van der Waals surface area contributed by atoms with Gasteiger partial charge in [0, 0.05) is 0 Å². The lowest BCUT2D eigenvalue weighted by Gasteiger charge is -2.17. The van der Waals surface area contributed by atoms with Crippen molar-refractivity contribution >= 4 is 52.9 Å². The third-order valence-electron chi connectivity index (χ3n) is 2.68. The lowest BCUT2D eigenvalue weighted by Crippen LogP contribution is -2.05. The van der Waals surface area contributed by atoms with Gasteiger partial charge < -0.3 is 4.74 Å². The van der Waals surface area contributed by atoms with Crippen molar-refractivity contribution in [2.45, 2.75) is 6.10 Å². The largest absolute Gasteiger partial charge is 0.455 e. The number of carbonyl (C=O) groups excluding carboxylic acids is 1. The molecule has 0 saturated carbocycles. The summed E-state index contributed by atoms with van der Waals surface area (Å²) in [6.07, 6.45) is -0.628. The minimum atomic E-state index is -0.628. The van der Waals surface area contributed by atoms with Crippen LogP contribution in [0.25, 0.3) is 0 Å². The standard InChI is InChI=1S/C14H8Cl4O2/c15-10-3-1-8(5-12(10)17)14(20-7-19)9-2-4-11(16)13(18)6-9/h1-7,14H. The topological polar surface area (TPSA) is 26.3 Å². The van der Waals surface area contributed by atoms with Gasteiger partial charge in [-0.15, -0.1) is 0 Å². The van der Waals surface area contributed by atoms with E-state index in [-0.39, 0.29) is 0 Å². The number of hydrogen-bond acceptors (Lipinski definition) is 2. The maximum atomic E-state index is 10.7. The summed E-state index contributed by atoms with van der Waals surface area (Å²) in [6, 6.07) is 10.0. The highest BCUT2D eigenvalue weighted by Crippen LogP contribution is 2.33. The number of ether oxygens (including phenoxy) is 1. The van der Waals surface area contributed by atoms with Gasteiger partial charge in [0.25, 0.3) is 6.47 Å². The predicted molar refractivity (Wildman–Crippen MR) is 81.9 cm³/mol. The molecule has 0 spiro atoms. The van der Waals surface area contributed by atoms with Crippen LogP contribution in [-0.4, -0.2) is 6.47 Å². The number of hydrogen-bond donors (Lipinski definition) is 0. The zero-order chi connectivity index (χ0) is 14.7. The first-order chi connectivity index (χ1) is 9.52. The summed E-state index contributed by atoms with van der Waals surface area (Å²) in [7, 11) is 0. The van der Waals surface area contributed by atoms with Crippen molar-refractivity contribution in [1.82, 2.24) is 0 Å². The first kappa shape index (κ1) is 15.5. The second-order valence-electron chi connectivity index (χ2n) is 3.96. The fourth-order valence-corrected chi connectivity index (χ4v) is 2.37. The summed E-state index contributed by atoms with van der Waals surface area (Å²) in [5, 5.41) is 1.61. The summed E-state index contributed by atoms with van der Waals surface area (Å²) in [5.41, 5.74) is 1.37. The average molecular weight is 350 g/mol. The minimum Gasteiger partial charge on any atom is -0.455 e. The molecule has 2 nitrogen and oxygen atoms in total. The molecule has 6 heteroatoms. The summed E-state index contributed by atoms with van der Waals surface area (Å²) < 4.78 is 5.12. The van der Waals surface area contributed by atoms with Crippen LogP contribution >= 0.6 is 46.4 Å². The highest BCUT2D eigenvalue weighted by atomic mass is 35.5. The molecule has 0 radical (unpaired) electrons. The van der Waals surface area contributed by atoms with E-state index in [0.717, 1.165) is 0 Å². The second-order valence-corrected chi connectivity index (χ2v) is 5.59. The van der Waals surface area contributed by atoms with Gasteiger partial charge in [-0.2, -0.15) is 0 Å². The van der Waals surface area contributed by atoms with Gasteiger partial charge in [-0.25, -0.2) is 0 Å². The molecule has 2 aromatic carbocycles. The van der Waals surface area contributed by atoms with Crippen LogP contribution < -0.4 is 0 Å². The Kier molecular flexibility index (Phi) is 5.17. The van der Waals surface area contributed by atoms with Gasteiger partial charge in [-0.1, -0.05) is 58.5 Å². The third kappa shape index (κ3) is 3.39.